The summed E-state index contributed by atoms with van der Waals surface area (Å²) in [5.74, 6) is 0. The van der Waals surface area contributed by atoms with Crippen LogP contribution in [-0.4, -0.2) is 4.98 Å². The van der Waals surface area contributed by atoms with Gasteiger partial charge in [-0.3, -0.25) is 4.98 Å². The summed E-state index contributed by atoms with van der Waals surface area (Å²) in [5, 5.41) is 0. The smallest absolute Gasteiger partial charge is 0.0931 e. The maximum absolute atomic E-state index is 5.89. The van der Waals surface area contributed by atoms with Gasteiger partial charge < -0.3 is 5.73 Å². The average molecular weight is 198 g/mol. The van der Waals surface area contributed by atoms with Crippen LogP contribution in [0, 0.1) is 13.8 Å². The molecule has 0 atom stereocenters. The van der Waals surface area contributed by atoms with Crippen LogP contribution in [0.15, 0.2) is 36.5 Å². The van der Waals surface area contributed by atoms with Gasteiger partial charge >= 0.3 is 0 Å². The number of hydrogen-bond donors (Lipinski definition) is 1. The molecular weight excluding hydrogens is 184 g/mol. The van der Waals surface area contributed by atoms with E-state index in [-0.39, 0.29) is 0 Å². The molecule has 2 N–H and O–H groups in total. The van der Waals surface area contributed by atoms with Crippen molar-refractivity contribution in [1.82, 2.24) is 4.98 Å². The normalized spacial score (nSPS) is 10.3. The van der Waals surface area contributed by atoms with Crippen molar-refractivity contribution in [2.75, 3.05) is 5.73 Å². The summed E-state index contributed by atoms with van der Waals surface area (Å²) in [6.45, 7) is 4.16. The summed E-state index contributed by atoms with van der Waals surface area (Å²) in [6.07, 6.45) is 1.77. The Morgan fingerprint density at radius 1 is 1.07 bits per heavy atom. The molecule has 0 spiro atoms. The van der Waals surface area contributed by atoms with E-state index >= 15 is 0 Å². The molecule has 1 heterocycles. The molecule has 1 aromatic heterocycles. The molecule has 1 aromatic carbocycles. The van der Waals surface area contributed by atoms with Crippen molar-refractivity contribution in [3.63, 3.8) is 0 Å². The Labute approximate surface area is 89.8 Å². The molecular formula is C13H14N2. The van der Waals surface area contributed by atoms with E-state index in [0.717, 1.165) is 16.9 Å². The SMILES string of the molecule is Cc1cc(C)cc(-c2ncccc2N)c1. The number of nitrogens with zero attached hydrogens (tertiary/aromatic N) is 1. The zero-order chi connectivity index (χ0) is 10.8. The molecule has 0 saturated carbocycles. The summed E-state index contributed by atoms with van der Waals surface area (Å²) in [6, 6.07) is 10.1. The molecule has 2 rings (SSSR count). The lowest BCUT2D eigenvalue weighted by Crippen LogP contribution is -1.93. The predicted octanol–water partition coefficient (Wildman–Crippen LogP) is 2.95. The maximum atomic E-state index is 5.89. The number of aromatic nitrogens is 1. The van der Waals surface area contributed by atoms with Crippen molar-refractivity contribution in [3.8, 4) is 11.3 Å². The summed E-state index contributed by atoms with van der Waals surface area (Å²) in [5.41, 5.74) is 11.0. The first kappa shape index (κ1) is 9.71. The number of rotatable bonds is 1. The Kier molecular flexibility index (Phi) is 2.42. The van der Waals surface area contributed by atoms with Crippen LogP contribution in [0.5, 0.6) is 0 Å². The van der Waals surface area contributed by atoms with E-state index in [1.165, 1.54) is 11.1 Å². The van der Waals surface area contributed by atoms with Gasteiger partial charge in [0.25, 0.3) is 0 Å². The first-order valence-corrected chi connectivity index (χ1v) is 4.96. The Morgan fingerprint density at radius 2 is 1.73 bits per heavy atom. The first-order chi connectivity index (χ1) is 7.16. The molecule has 0 fully saturated rings. The quantitative estimate of drug-likeness (QED) is 0.765. The van der Waals surface area contributed by atoms with Gasteiger partial charge in [-0.1, -0.05) is 17.2 Å². The number of nitrogens with two attached hydrogens (primary N) is 1. The van der Waals surface area contributed by atoms with Crippen LogP contribution in [0.2, 0.25) is 0 Å². The van der Waals surface area contributed by atoms with Crippen molar-refractivity contribution < 1.29 is 0 Å². The van der Waals surface area contributed by atoms with Crippen LogP contribution in [0.4, 0.5) is 5.69 Å². The number of nitrogen functional groups attached to an aromatic ring is 1. The van der Waals surface area contributed by atoms with Gasteiger partial charge in [0.15, 0.2) is 0 Å². The molecule has 2 aromatic rings. The third kappa shape index (κ3) is 1.99. The fraction of sp³-hybridized carbons (Fsp3) is 0.154. The minimum absolute atomic E-state index is 0.725. The van der Waals surface area contributed by atoms with Gasteiger partial charge in [0.05, 0.1) is 11.4 Å². The van der Waals surface area contributed by atoms with E-state index < -0.39 is 0 Å². The van der Waals surface area contributed by atoms with Crippen LogP contribution >= 0.6 is 0 Å². The molecule has 0 aliphatic heterocycles. The van der Waals surface area contributed by atoms with Gasteiger partial charge in [0, 0.05) is 11.8 Å². The van der Waals surface area contributed by atoms with Crippen LogP contribution < -0.4 is 5.73 Å². The van der Waals surface area contributed by atoms with Gasteiger partial charge in [0.1, 0.15) is 0 Å². The fourth-order valence-corrected chi connectivity index (χ4v) is 1.77. The van der Waals surface area contributed by atoms with Gasteiger partial charge in [-0.15, -0.1) is 0 Å². The van der Waals surface area contributed by atoms with Crippen LogP contribution in [-0.2, 0) is 0 Å². The Balaban J connectivity index is 2.59. The van der Waals surface area contributed by atoms with E-state index in [9.17, 15) is 0 Å². The second-order valence-electron chi connectivity index (χ2n) is 3.82. The second kappa shape index (κ2) is 3.73. The highest BCUT2D eigenvalue weighted by atomic mass is 14.7. The third-order valence-electron chi connectivity index (χ3n) is 2.33. The topological polar surface area (TPSA) is 38.9 Å². The van der Waals surface area contributed by atoms with E-state index in [2.05, 4.69) is 37.0 Å². The number of benzene rings is 1. The van der Waals surface area contributed by atoms with Crippen LogP contribution in [0.25, 0.3) is 11.3 Å². The van der Waals surface area contributed by atoms with Crippen molar-refractivity contribution in [2.24, 2.45) is 0 Å². The van der Waals surface area contributed by atoms with Gasteiger partial charge in [-0.25, -0.2) is 0 Å². The van der Waals surface area contributed by atoms with Crippen molar-refractivity contribution in [3.05, 3.63) is 47.7 Å². The molecule has 0 aliphatic rings. The minimum Gasteiger partial charge on any atom is -0.397 e. The molecule has 2 heteroatoms. The summed E-state index contributed by atoms with van der Waals surface area (Å²) in [4.78, 5) is 4.31. The highest BCUT2D eigenvalue weighted by Crippen LogP contribution is 2.24. The second-order valence-corrected chi connectivity index (χ2v) is 3.82. The molecule has 0 amide bonds. The van der Waals surface area contributed by atoms with Crippen molar-refractivity contribution in [1.29, 1.82) is 0 Å². The third-order valence-corrected chi connectivity index (χ3v) is 2.33. The lowest BCUT2D eigenvalue weighted by atomic mass is 10.0. The molecule has 0 aliphatic carbocycles. The zero-order valence-corrected chi connectivity index (χ0v) is 8.99. The maximum Gasteiger partial charge on any atom is 0.0931 e. The Morgan fingerprint density at radius 3 is 2.33 bits per heavy atom. The summed E-state index contributed by atoms with van der Waals surface area (Å²) in [7, 11) is 0. The fourth-order valence-electron chi connectivity index (χ4n) is 1.77. The molecule has 15 heavy (non-hydrogen) atoms. The van der Waals surface area contributed by atoms with E-state index in [1.54, 1.807) is 6.20 Å². The number of anilines is 1. The Bertz CT molecular complexity index is 469. The number of aryl methyl sites for hydroxylation is 2. The van der Waals surface area contributed by atoms with E-state index in [0.29, 0.717) is 0 Å². The van der Waals surface area contributed by atoms with Crippen LogP contribution in [0.1, 0.15) is 11.1 Å². The number of hydrogen-bond acceptors (Lipinski definition) is 2. The standard InChI is InChI=1S/C13H14N2/c1-9-6-10(2)8-11(7-9)13-12(14)4-3-5-15-13/h3-8H,14H2,1-2H3. The van der Waals surface area contributed by atoms with E-state index in [4.69, 9.17) is 5.73 Å². The van der Waals surface area contributed by atoms with Crippen molar-refractivity contribution >= 4 is 5.69 Å². The highest BCUT2D eigenvalue weighted by Gasteiger charge is 2.03. The molecule has 0 radical (unpaired) electrons. The monoisotopic (exact) mass is 198 g/mol. The van der Waals surface area contributed by atoms with Gasteiger partial charge in [0.2, 0.25) is 0 Å². The lowest BCUT2D eigenvalue weighted by Gasteiger charge is -2.06. The minimum atomic E-state index is 0.725. The molecule has 0 bridgehead atoms. The average Bonchev–Trinajstić information content (AvgIpc) is 2.16. The zero-order valence-electron chi connectivity index (χ0n) is 8.99. The lowest BCUT2D eigenvalue weighted by molar-refractivity contribution is 1.31. The first-order valence-electron chi connectivity index (χ1n) is 4.96. The van der Waals surface area contributed by atoms with Gasteiger partial charge in [-0.05, 0) is 38.1 Å². The summed E-state index contributed by atoms with van der Waals surface area (Å²) < 4.78 is 0. The molecule has 0 unspecified atom stereocenters. The highest BCUT2D eigenvalue weighted by molar-refractivity contribution is 5.73. The predicted molar refractivity (Wildman–Crippen MR) is 63.6 cm³/mol. The Hall–Kier alpha value is -1.83. The summed E-state index contributed by atoms with van der Waals surface area (Å²) >= 11 is 0. The van der Waals surface area contributed by atoms with Gasteiger partial charge in [-0.2, -0.15) is 0 Å². The molecule has 2 nitrogen and oxygen atoms in total. The van der Waals surface area contributed by atoms with Crippen LogP contribution in [0.3, 0.4) is 0 Å². The number of pyridine rings is 1. The largest absolute Gasteiger partial charge is 0.397 e. The molecule has 76 valence electrons. The van der Waals surface area contributed by atoms with Crippen molar-refractivity contribution in [2.45, 2.75) is 13.8 Å². The molecule has 0 saturated heterocycles. The van der Waals surface area contributed by atoms with E-state index in [1.807, 2.05) is 12.1 Å².